The molecule has 2 aliphatic rings. The lowest BCUT2D eigenvalue weighted by molar-refractivity contribution is -0.144. The molecule has 5 nitrogen and oxygen atoms in total. The van der Waals surface area contributed by atoms with Crippen LogP contribution in [0.5, 0.6) is 0 Å². The predicted molar refractivity (Wildman–Crippen MR) is 94.6 cm³/mol. The number of hydrogen-bond acceptors (Lipinski definition) is 4. The summed E-state index contributed by atoms with van der Waals surface area (Å²) in [5.74, 6) is 0.451. The molecule has 0 aromatic carbocycles. The van der Waals surface area contributed by atoms with Gasteiger partial charge in [-0.3, -0.25) is 14.6 Å². The van der Waals surface area contributed by atoms with Gasteiger partial charge in [-0.15, -0.1) is 0 Å². The van der Waals surface area contributed by atoms with Crippen molar-refractivity contribution in [3.05, 3.63) is 30.1 Å². The van der Waals surface area contributed by atoms with Gasteiger partial charge in [-0.2, -0.15) is 0 Å². The van der Waals surface area contributed by atoms with E-state index in [4.69, 9.17) is 4.74 Å². The minimum absolute atomic E-state index is 0.104. The highest BCUT2D eigenvalue weighted by Gasteiger charge is 2.42. The van der Waals surface area contributed by atoms with Crippen LogP contribution >= 0.6 is 0 Å². The smallest absolute Gasteiger partial charge is 0.306 e. The quantitative estimate of drug-likeness (QED) is 0.767. The molecule has 0 unspecified atom stereocenters. The maximum absolute atomic E-state index is 13.2. The van der Waals surface area contributed by atoms with E-state index in [2.05, 4.69) is 18.0 Å². The number of nitrogens with zero attached hydrogens (tertiary/aromatic N) is 2. The molecule has 3 rings (SSSR count). The van der Waals surface area contributed by atoms with Crippen molar-refractivity contribution in [3.8, 4) is 0 Å². The Morgan fingerprint density at radius 2 is 2.08 bits per heavy atom. The molecule has 1 aromatic heterocycles. The second kappa shape index (κ2) is 7.54. The van der Waals surface area contributed by atoms with Gasteiger partial charge < -0.3 is 9.64 Å². The van der Waals surface area contributed by atoms with Crippen molar-refractivity contribution < 1.29 is 14.3 Å². The molecule has 25 heavy (non-hydrogen) atoms. The van der Waals surface area contributed by atoms with E-state index in [1.165, 1.54) is 7.11 Å². The summed E-state index contributed by atoms with van der Waals surface area (Å²) in [4.78, 5) is 31.2. The van der Waals surface area contributed by atoms with Gasteiger partial charge >= 0.3 is 5.97 Å². The summed E-state index contributed by atoms with van der Waals surface area (Å²) in [5.41, 5.74) is 0.892. The maximum atomic E-state index is 13.2. The lowest BCUT2D eigenvalue weighted by Crippen LogP contribution is -2.36. The zero-order valence-corrected chi connectivity index (χ0v) is 15.2. The fourth-order valence-corrected chi connectivity index (χ4v) is 4.55. The van der Waals surface area contributed by atoms with Gasteiger partial charge in [0.15, 0.2) is 0 Å². The van der Waals surface area contributed by atoms with Gasteiger partial charge in [-0.1, -0.05) is 25.8 Å². The van der Waals surface area contributed by atoms with E-state index in [0.29, 0.717) is 18.8 Å². The van der Waals surface area contributed by atoms with Crippen LogP contribution in [0.1, 0.15) is 63.5 Å². The number of hydrogen-bond donors (Lipinski definition) is 0. The minimum Gasteiger partial charge on any atom is -0.469 e. The van der Waals surface area contributed by atoms with E-state index in [0.717, 1.165) is 44.2 Å². The number of aromatic nitrogens is 1. The number of pyridine rings is 1. The molecule has 1 amide bonds. The number of carbonyl (C=O) groups is 2. The second-order valence-corrected chi connectivity index (χ2v) is 7.83. The van der Waals surface area contributed by atoms with Crippen molar-refractivity contribution in [2.45, 2.75) is 57.9 Å². The zero-order chi connectivity index (χ0) is 17.9. The molecule has 1 saturated carbocycles. The van der Waals surface area contributed by atoms with Gasteiger partial charge in [0, 0.05) is 25.4 Å². The van der Waals surface area contributed by atoms with Gasteiger partial charge in [0.1, 0.15) is 0 Å². The third-order valence-corrected chi connectivity index (χ3v) is 5.84. The fourth-order valence-electron chi connectivity index (χ4n) is 4.55. The molecule has 0 radical (unpaired) electrons. The van der Waals surface area contributed by atoms with Crippen LogP contribution in [0.25, 0.3) is 0 Å². The Hall–Kier alpha value is -1.91. The summed E-state index contributed by atoms with van der Waals surface area (Å²) in [6.45, 7) is 2.98. The molecular formula is C20H28N2O3. The van der Waals surface area contributed by atoms with E-state index in [1.54, 1.807) is 6.20 Å². The van der Waals surface area contributed by atoms with Crippen molar-refractivity contribution in [2.24, 2.45) is 11.3 Å². The van der Waals surface area contributed by atoms with Crippen molar-refractivity contribution in [2.75, 3.05) is 13.7 Å². The number of ether oxygens (including phenoxy) is 1. The van der Waals surface area contributed by atoms with Crippen molar-refractivity contribution in [1.82, 2.24) is 9.88 Å². The Balaban J connectivity index is 1.75. The SMILES string of the molecule is COC(=O)CC1(CC(=O)N2C[C@@H](C)C[C@@H]2c2cccnc2)CCCC1. The molecular weight excluding hydrogens is 316 g/mol. The van der Waals surface area contributed by atoms with Crippen LogP contribution in [0, 0.1) is 11.3 Å². The zero-order valence-electron chi connectivity index (χ0n) is 15.2. The highest BCUT2D eigenvalue weighted by molar-refractivity contribution is 5.79. The largest absolute Gasteiger partial charge is 0.469 e. The van der Waals surface area contributed by atoms with Crippen LogP contribution in [0.4, 0.5) is 0 Å². The minimum atomic E-state index is -0.213. The van der Waals surface area contributed by atoms with Crippen LogP contribution < -0.4 is 0 Å². The topological polar surface area (TPSA) is 59.5 Å². The van der Waals surface area contributed by atoms with Crippen LogP contribution in [-0.2, 0) is 14.3 Å². The first-order valence-corrected chi connectivity index (χ1v) is 9.29. The Kier molecular flexibility index (Phi) is 5.40. The molecule has 5 heteroatoms. The summed E-state index contributed by atoms with van der Waals surface area (Å²) >= 11 is 0. The molecule has 1 aliphatic carbocycles. The summed E-state index contributed by atoms with van der Waals surface area (Å²) in [6.07, 6.45) is 9.47. The van der Waals surface area contributed by atoms with E-state index in [1.807, 2.05) is 17.2 Å². The monoisotopic (exact) mass is 344 g/mol. The lowest BCUT2D eigenvalue weighted by atomic mass is 9.79. The number of likely N-dealkylation sites (tertiary alicyclic amines) is 1. The molecule has 1 aliphatic heterocycles. The van der Waals surface area contributed by atoms with Crippen LogP contribution in [-0.4, -0.2) is 35.4 Å². The first kappa shape index (κ1) is 17.9. The van der Waals surface area contributed by atoms with Crippen LogP contribution in [0.2, 0.25) is 0 Å². The number of methoxy groups -OCH3 is 1. The van der Waals surface area contributed by atoms with Gasteiger partial charge in [-0.25, -0.2) is 0 Å². The Morgan fingerprint density at radius 3 is 2.72 bits per heavy atom. The third kappa shape index (κ3) is 4.02. The average Bonchev–Trinajstić information content (AvgIpc) is 3.22. The van der Waals surface area contributed by atoms with Gasteiger partial charge in [-0.05, 0) is 42.2 Å². The summed E-state index contributed by atoms with van der Waals surface area (Å²) in [6, 6.07) is 4.08. The first-order chi connectivity index (χ1) is 12.0. The average molecular weight is 344 g/mol. The van der Waals surface area contributed by atoms with E-state index in [9.17, 15) is 9.59 Å². The Morgan fingerprint density at radius 1 is 1.32 bits per heavy atom. The lowest BCUT2D eigenvalue weighted by Gasteiger charge is -2.32. The van der Waals surface area contributed by atoms with Crippen LogP contribution in [0.15, 0.2) is 24.5 Å². The Labute approximate surface area is 149 Å². The summed E-state index contributed by atoms with van der Waals surface area (Å²) in [7, 11) is 1.42. The Bertz CT molecular complexity index is 611. The molecule has 0 N–H and O–H groups in total. The van der Waals surface area contributed by atoms with Gasteiger partial charge in [0.2, 0.25) is 5.91 Å². The van der Waals surface area contributed by atoms with Crippen LogP contribution in [0.3, 0.4) is 0 Å². The third-order valence-electron chi connectivity index (χ3n) is 5.84. The molecule has 136 valence electrons. The number of esters is 1. The van der Waals surface area contributed by atoms with Gasteiger partial charge in [0.05, 0.1) is 19.6 Å². The second-order valence-electron chi connectivity index (χ2n) is 7.83. The summed E-state index contributed by atoms with van der Waals surface area (Å²) < 4.78 is 4.88. The number of rotatable bonds is 5. The molecule has 1 saturated heterocycles. The van der Waals surface area contributed by atoms with Crippen molar-refractivity contribution in [1.29, 1.82) is 0 Å². The molecule has 1 aromatic rings. The molecule has 2 heterocycles. The molecule has 0 bridgehead atoms. The van der Waals surface area contributed by atoms with E-state index >= 15 is 0 Å². The standard InChI is InChI=1S/C20H28N2O3/c1-15-10-17(16-6-5-9-21-13-16)22(14-15)18(23)11-20(7-3-4-8-20)12-19(24)25-2/h5-6,9,13,15,17H,3-4,7-8,10-12,14H2,1-2H3/t15-,17+/m0/s1. The van der Waals surface area contributed by atoms with Gasteiger partial charge in [0.25, 0.3) is 0 Å². The highest BCUT2D eigenvalue weighted by atomic mass is 16.5. The summed E-state index contributed by atoms with van der Waals surface area (Å²) in [5, 5.41) is 0. The van der Waals surface area contributed by atoms with Crippen molar-refractivity contribution >= 4 is 11.9 Å². The predicted octanol–water partition coefficient (Wildman–Crippen LogP) is 3.50. The maximum Gasteiger partial charge on any atom is 0.306 e. The number of carbonyl (C=O) groups excluding carboxylic acids is 2. The fraction of sp³-hybridized carbons (Fsp3) is 0.650. The van der Waals surface area contributed by atoms with Crippen molar-refractivity contribution in [3.63, 3.8) is 0 Å². The molecule has 2 atom stereocenters. The van der Waals surface area contributed by atoms with E-state index < -0.39 is 0 Å². The first-order valence-electron chi connectivity index (χ1n) is 9.29. The number of amides is 1. The van der Waals surface area contributed by atoms with E-state index in [-0.39, 0.29) is 23.3 Å². The molecule has 0 spiro atoms. The normalized spacial score (nSPS) is 25.1. The molecule has 2 fully saturated rings. The highest BCUT2D eigenvalue weighted by Crippen LogP contribution is 2.46.